The summed E-state index contributed by atoms with van der Waals surface area (Å²) in [6.07, 6.45) is 11.3. The molecule has 5 heteroatoms. The number of furan rings is 1. The Morgan fingerprint density at radius 3 is 3.00 bits per heavy atom. The molecule has 2 fully saturated rings. The molecule has 0 radical (unpaired) electrons. The second kappa shape index (κ2) is 9.66. The number of nitrogens with one attached hydrogen (secondary N) is 2. The largest absolute Gasteiger partial charge is 0.469 e. The van der Waals surface area contributed by atoms with Gasteiger partial charge in [-0.15, -0.1) is 6.58 Å². The topological polar surface area (TPSA) is 52.8 Å². The van der Waals surface area contributed by atoms with Crippen molar-refractivity contribution < 1.29 is 4.42 Å². The normalized spacial score (nSPS) is 22.4. The van der Waals surface area contributed by atoms with E-state index in [4.69, 9.17) is 9.41 Å². The number of guanidine groups is 1. The third-order valence-electron chi connectivity index (χ3n) is 5.23. The molecule has 2 N–H and O–H groups in total. The van der Waals surface area contributed by atoms with Gasteiger partial charge in [0, 0.05) is 45.2 Å². The van der Waals surface area contributed by atoms with E-state index in [1.807, 2.05) is 18.2 Å². The van der Waals surface area contributed by atoms with E-state index in [9.17, 15) is 0 Å². The highest BCUT2D eigenvalue weighted by Crippen LogP contribution is 2.26. The van der Waals surface area contributed by atoms with Crippen LogP contribution < -0.4 is 10.6 Å². The van der Waals surface area contributed by atoms with Gasteiger partial charge in [0.1, 0.15) is 5.76 Å². The van der Waals surface area contributed by atoms with Gasteiger partial charge < -0.3 is 20.0 Å². The highest BCUT2D eigenvalue weighted by Gasteiger charge is 2.26. The molecule has 2 aliphatic rings. The molecule has 3 rings (SSSR count). The lowest BCUT2D eigenvalue weighted by Crippen LogP contribution is -2.45. The van der Waals surface area contributed by atoms with Gasteiger partial charge in [0.05, 0.1) is 6.26 Å². The fourth-order valence-corrected chi connectivity index (χ4v) is 3.92. The Morgan fingerprint density at radius 1 is 1.36 bits per heavy atom. The minimum atomic E-state index is 0.487. The van der Waals surface area contributed by atoms with Crippen LogP contribution in [0.15, 0.2) is 40.5 Å². The van der Waals surface area contributed by atoms with Gasteiger partial charge in [-0.25, -0.2) is 0 Å². The number of rotatable bonds is 8. The summed E-state index contributed by atoms with van der Waals surface area (Å²) in [5.74, 6) is 2.80. The van der Waals surface area contributed by atoms with E-state index in [1.165, 1.54) is 45.2 Å². The summed E-state index contributed by atoms with van der Waals surface area (Å²) in [5.41, 5.74) is 0. The zero-order valence-electron chi connectivity index (χ0n) is 15.3. The average molecular weight is 345 g/mol. The predicted molar refractivity (Wildman–Crippen MR) is 103 cm³/mol. The molecule has 1 aliphatic carbocycles. The van der Waals surface area contributed by atoms with Crippen molar-refractivity contribution in [3.63, 3.8) is 0 Å². The number of aliphatic imine (C=N–C) groups is 1. The van der Waals surface area contributed by atoms with Crippen LogP contribution in [0.3, 0.4) is 0 Å². The van der Waals surface area contributed by atoms with E-state index >= 15 is 0 Å². The molecule has 1 aromatic heterocycles. The van der Waals surface area contributed by atoms with Gasteiger partial charge in [-0.1, -0.05) is 18.9 Å². The molecular formula is C20H32N4O. The van der Waals surface area contributed by atoms with Crippen molar-refractivity contribution in [1.29, 1.82) is 0 Å². The van der Waals surface area contributed by atoms with Crippen LogP contribution in [-0.4, -0.2) is 49.6 Å². The van der Waals surface area contributed by atoms with Gasteiger partial charge in [0.15, 0.2) is 5.96 Å². The van der Waals surface area contributed by atoms with Crippen molar-refractivity contribution in [2.75, 3.05) is 32.7 Å². The summed E-state index contributed by atoms with van der Waals surface area (Å²) < 4.78 is 5.37. The lowest BCUT2D eigenvalue weighted by atomic mass is 10.1. The first-order valence-electron chi connectivity index (χ1n) is 9.74. The monoisotopic (exact) mass is 344 g/mol. The second-order valence-corrected chi connectivity index (χ2v) is 7.27. The van der Waals surface area contributed by atoms with E-state index in [-0.39, 0.29) is 0 Å². The van der Waals surface area contributed by atoms with Gasteiger partial charge in [0.2, 0.25) is 0 Å². The summed E-state index contributed by atoms with van der Waals surface area (Å²) >= 11 is 0. The quantitative estimate of drug-likeness (QED) is 0.433. The molecule has 1 saturated heterocycles. The summed E-state index contributed by atoms with van der Waals surface area (Å²) in [6.45, 7) is 8.85. The average Bonchev–Trinajstić information content (AvgIpc) is 3.36. The SMILES string of the molecule is C=CCNC(=NCCc1ccco1)NC1CCN(CC2CCCC2)C1. The molecule has 1 aliphatic heterocycles. The second-order valence-electron chi connectivity index (χ2n) is 7.27. The van der Waals surface area contributed by atoms with Gasteiger partial charge >= 0.3 is 0 Å². The number of hydrogen-bond donors (Lipinski definition) is 2. The van der Waals surface area contributed by atoms with Crippen LogP contribution in [0.4, 0.5) is 0 Å². The van der Waals surface area contributed by atoms with Crippen LogP contribution in [0.5, 0.6) is 0 Å². The maximum absolute atomic E-state index is 5.37. The fourth-order valence-electron chi connectivity index (χ4n) is 3.92. The summed E-state index contributed by atoms with van der Waals surface area (Å²) in [6, 6.07) is 4.41. The fraction of sp³-hybridized carbons (Fsp3) is 0.650. The molecule has 0 spiro atoms. The van der Waals surface area contributed by atoms with Gasteiger partial charge in [-0.3, -0.25) is 4.99 Å². The maximum Gasteiger partial charge on any atom is 0.191 e. The molecule has 1 aromatic rings. The van der Waals surface area contributed by atoms with E-state index in [1.54, 1.807) is 6.26 Å². The summed E-state index contributed by atoms with van der Waals surface area (Å²) in [7, 11) is 0. The Morgan fingerprint density at radius 2 is 2.24 bits per heavy atom. The standard InChI is InChI=1S/C20H32N4O/c1-2-11-21-20(22-12-9-19-8-5-14-25-19)23-18-10-13-24(16-18)15-17-6-3-4-7-17/h2,5,8,14,17-18H,1,3-4,6-7,9-13,15-16H2,(H2,21,22,23). The summed E-state index contributed by atoms with van der Waals surface area (Å²) in [4.78, 5) is 7.32. The Bertz CT molecular complexity index is 534. The molecule has 25 heavy (non-hydrogen) atoms. The first-order chi connectivity index (χ1) is 12.3. The third kappa shape index (κ3) is 5.92. The summed E-state index contributed by atoms with van der Waals surface area (Å²) in [5, 5.41) is 6.94. The molecule has 0 amide bonds. The Kier molecular flexibility index (Phi) is 6.98. The highest BCUT2D eigenvalue weighted by molar-refractivity contribution is 5.80. The molecule has 2 heterocycles. The van der Waals surface area contributed by atoms with E-state index < -0.39 is 0 Å². The van der Waals surface area contributed by atoms with Crippen molar-refractivity contribution in [3.05, 3.63) is 36.8 Å². The minimum absolute atomic E-state index is 0.487. The van der Waals surface area contributed by atoms with Crippen LogP contribution >= 0.6 is 0 Å². The highest BCUT2D eigenvalue weighted by atomic mass is 16.3. The van der Waals surface area contributed by atoms with Crippen LogP contribution in [0, 0.1) is 5.92 Å². The molecule has 0 aromatic carbocycles. The lowest BCUT2D eigenvalue weighted by molar-refractivity contribution is 0.275. The van der Waals surface area contributed by atoms with Crippen molar-refractivity contribution in [3.8, 4) is 0 Å². The van der Waals surface area contributed by atoms with Crippen molar-refractivity contribution in [2.45, 2.75) is 44.6 Å². The zero-order chi connectivity index (χ0) is 17.3. The number of likely N-dealkylation sites (tertiary alicyclic amines) is 1. The van der Waals surface area contributed by atoms with Crippen molar-refractivity contribution in [2.24, 2.45) is 10.9 Å². The Balaban J connectivity index is 1.45. The van der Waals surface area contributed by atoms with Crippen molar-refractivity contribution in [1.82, 2.24) is 15.5 Å². The first kappa shape index (κ1) is 18.1. The molecule has 0 bridgehead atoms. The number of hydrogen-bond acceptors (Lipinski definition) is 3. The van der Waals surface area contributed by atoms with Gasteiger partial charge in [0.25, 0.3) is 0 Å². The number of nitrogens with zero attached hydrogens (tertiary/aromatic N) is 2. The third-order valence-corrected chi connectivity index (χ3v) is 5.23. The zero-order valence-corrected chi connectivity index (χ0v) is 15.3. The van der Waals surface area contributed by atoms with Crippen LogP contribution in [-0.2, 0) is 6.42 Å². The predicted octanol–water partition coefficient (Wildman–Crippen LogP) is 2.81. The van der Waals surface area contributed by atoms with Crippen LogP contribution in [0.1, 0.15) is 37.9 Å². The molecule has 138 valence electrons. The molecule has 1 unspecified atom stereocenters. The maximum atomic E-state index is 5.37. The van der Waals surface area contributed by atoms with E-state index in [0.29, 0.717) is 6.04 Å². The Hall–Kier alpha value is -1.75. The van der Waals surface area contributed by atoms with E-state index in [2.05, 4.69) is 22.1 Å². The minimum Gasteiger partial charge on any atom is -0.469 e. The molecule has 5 nitrogen and oxygen atoms in total. The molecule has 1 atom stereocenters. The van der Waals surface area contributed by atoms with Crippen molar-refractivity contribution >= 4 is 5.96 Å². The van der Waals surface area contributed by atoms with Gasteiger partial charge in [-0.2, -0.15) is 0 Å². The smallest absolute Gasteiger partial charge is 0.191 e. The molecule has 1 saturated carbocycles. The Labute approximate surface area is 151 Å². The van der Waals surface area contributed by atoms with Crippen LogP contribution in [0.2, 0.25) is 0 Å². The van der Waals surface area contributed by atoms with Crippen LogP contribution in [0.25, 0.3) is 0 Å². The molecular weight excluding hydrogens is 312 g/mol. The van der Waals surface area contributed by atoms with Gasteiger partial charge in [-0.05, 0) is 37.3 Å². The lowest BCUT2D eigenvalue weighted by Gasteiger charge is -2.21. The first-order valence-corrected chi connectivity index (χ1v) is 9.74. The van der Waals surface area contributed by atoms with E-state index in [0.717, 1.165) is 43.7 Å².